The van der Waals surface area contributed by atoms with Gasteiger partial charge < -0.3 is 15.2 Å². The van der Waals surface area contributed by atoms with Crippen LogP contribution in [0.3, 0.4) is 0 Å². The second-order valence-electron chi connectivity index (χ2n) is 7.61. The van der Waals surface area contributed by atoms with E-state index in [1.165, 1.54) is 12.5 Å². The summed E-state index contributed by atoms with van der Waals surface area (Å²) < 4.78 is 0. The molecule has 2 N–H and O–H groups in total. The van der Waals surface area contributed by atoms with E-state index in [4.69, 9.17) is 0 Å². The van der Waals surface area contributed by atoms with Crippen molar-refractivity contribution in [2.75, 3.05) is 36.4 Å². The molecule has 1 aliphatic rings. The zero-order chi connectivity index (χ0) is 20.9. The Morgan fingerprint density at radius 2 is 1.67 bits per heavy atom. The van der Waals surface area contributed by atoms with Crippen LogP contribution in [0.15, 0.2) is 66.9 Å². The highest BCUT2D eigenvalue weighted by atomic mass is 16.2. The van der Waals surface area contributed by atoms with E-state index < -0.39 is 0 Å². The van der Waals surface area contributed by atoms with Gasteiger partial charge in [-0.25, -0.2) is 0 Å². The van der Waals surface area contributed by atoms with E-state index in [2.05, 4.69) is 50.4 Å². The Hall–Kier alpha value is -3.38. The van der Waals surface area contributed by atoms with Gasteiger partial charge in [0.05, 0.1) is 0 Å². The molecule has 6 nitrogen and oxygen atoms in total. The highest BCUT2D eigenvalue weighted by Gasteiger charge is 2.17. The molecular weight excluding hydrogens is 376 g/mol. The number of nitrogens with one attached hydrogen (secondary N) is 2. The number of hydrogen-bond donors (Lipinski definition) is 2. The SMILES string of the molecule is CC(=O)c1c[nH]c(C(=O)Nc2ccc(N3CCN(Cc4ccccc4)CC3)cc2)c1. The number of benzene rings is 2. The average Bonchev–Trinajstić information content (AvgIpc) is 3.27. The third kappa shape index (κ3) is 4.78. The second kappa shape index (κ2) is 8.97. The number of nitrogens with zero attached hydrogens (tertiary/aromatic N) is 2. The predicted molar refractivity (Wildman–Crippen MR) is 119 cm³/mol. The van der Waals surface area contributed by atoms with Crippen LogP contribution < -0.4 is 10.2 Å². The molecule has 0 aliphatic carbocycles. The van der Waals surface area contributed by atoms with Crippen LogP contribution in [0.1, 0.15) is 33.3 Å². The van der Waals surface area contributed by atoms with Gasteiger partial charge in [0.25, 0.3) is 5.91 Å². The molecule has 2 aromatic carbocycles. The third-order valence-corrected chi connectivity index (χ3v) is 5.45. The number of H-pyrrole nitrogens is 1. The molecule has 1 aliphatic heterocycles. The van der Waals surface area contributed by atoms with E-state index in [1.54, 1.807) is 12.3 Å². The Kier molecular flexibility index (Phi) is 5.95. The summed E-state index contributed by atoms with van der Waals surface area (Å²) in [6.07, 6.45) is 1.55. The van der Waals surface area contributed by atoms with Crippen molar-refractivity contribution in [2.24, 2.45) is 0 Å². The van der Waals surface area contributed by atoms with E-state index >= 15 is 0 Å². The lowest BCUT2D eigenvalue weighted by atomic mass is 10.2. The van der Waals surface area contributed by atoms with Crippen LogP contribution in [-0.4, -0.2) is 47.8 Å². The number of hydrogen-bond acceptors (Lipinski definition) is 4. The number of rotatable bonds is 6. The Morgan fingerprint density at radius 1 is 0.967 bits per heavy atom. The van der Waals surface area contributed by atoms with Gasteiger partial charge in [-0.15, -0.1) is 0 Å². The maximum absolute atomic E-state index is 12.4. The Bertz CT molecular complexity index is 1000. The number of aromatic nitrogens is 1. The minimum Gasteiger partial charge on any atom is -0.369 e. The molecule has 6 heteroatoms. The molecule has 0 saturated carbocycles. The number of carbonyl (C=O) groups is 2. The van der Waals surface area contributed by atoms with Gasteiger partial charge in [-0.3, -0.25) is 14.5 Å². The fourth-order valence-corrected chi connectivity index (χ4v) is 3.69. The van der Waals surface area contributed by atoms with Gasteiger partial charge in [0, 0.05) is 55.9 Å². The van der Waals surface area contributed by atoms with Crippen LogP contribution in [-0.2, 0) is 6.54 Å². The molecule has 0 spiro atoms. The minimum atomic E-state index is -0.259. The molecule has 30 heavy (non-hydrogen) atoms. The Balaban J connectivity index is 1.30. The average molecular weight is 402 g/mol. The molecule has 1 amide bonds. The monoisotopic (exact) mass is 402 g/mol. The lowest BCUT2D eigenvalue weighted by Crippen LogP contribution is -2.45. The number of piperazine rings is 1. The van der Waals surface area contributed by atoms with E-state index in [0.717, 1.165) is 44.1 Å². The normalized spacial score (nSPS) is 14.5. The molecule has 2 heterocycles. The summed E-state index contributed by atoms with van der Waals surface area (Å²) in [5.41, 5.74) is 4.11. The van der Waals surface area contributed by atoms with Gasteiger partial charge in [-0.2, -0.15) is 0 Å². The topological polar surface area (TPSA) is 68.4 Å². The predicted octanol–water partition coefficient (Wildman–Crippen LogP) is 3.79. The van der Waals surface area contributed by atoms with Gasteiger partial charge >= 0.3 is 0 Å². The first kappa shape index (κ1) is 19.9. The van der Waals surface area contributed by atoms with Crippen LogP contribution in [0.4, 0.5) is 11.4 Å². The zero-order valence-electron chi connectivity index (χ0n) is 17.1. The molecule has 0 bridgehead atoms. The summed E-state index contributed by atoms with van der Waals surface area (Å²) >= 11 is 0. The fourth-order valence-electron chi connectivity index (χ4n) is 3.69. The maximum atomic E-state index is 12.4. The molecule has 4 rings (SSSR count). The Labute approximate surface area is 176 Å². The third-order valence-electron chi connectivity index (χ3n) is 5.45. The second-order valence-corrected chi connectivity index (χ2v) is 7.61. The van der Waals surface area contributed by atoms with Gasteiger partial charge in [0.2, 0.25) is 0 Å². The summed E-state index contributed by atoms with van der Waals surface area (Å²) in [6.45, 7) is 6.48. The molecule has 1 saturated heterocycles. The first-order valence-electron chi connectivity index (χ1n) is 10.2. The lowest BCUT2D eigenvalue weighted by Gasteiger charge is -2.36. The van der Waals surface area contributed by atoms with Gasteiger partial charge in [0.15, 0.2) is 5.78 Å². The van der Waals surface area contributed by atoms with Crippen molar-refractivity contribution in [1.29, 1.82) is 0 Å². The van der Waals surface area contributed by atoms with E-state index in [0.29, 0.717) is 11.3 Å². The molecule has 0 radical (unpaired) electrons. The van der Waals surface area contributed by atoms with Crippen LogP contribution >= 0.6 is 0 Å². The van der Waals surface area contributed by atoms with Crippen molar-refractivity contribution < 1.29 is 9.59 Å². The summed E-state index contributed by atoms with van der Waals surface area (Å²) in [5, 5.41) is 2.87. The highest BCUT2D eigenvalue weighted by molar-refractivity contribution is 6.05. The zero-order valence-corrected chi connectivity index (χ0v) is 17.1. The smallest absolute Gasteiger partial charge is 0.272 e. The van der Waals surface area contributed by atoms with Crippen LogP contribution in [0.25, 0.3) is 0 Å². The lowest BCUT2D eigenvalue weighted by molar-refractivity contribution is 0.101. The van der Waals surface area contributed by atoms with Crippen molar-refractivity contribution in [3.05, 3.63) is 83.7 Å². The van der Waals surface area contributed by atoms with Gasteiger partial charge in [0.1, 0.15) is 5.69 Å². The minimum absolute atomic E-state index is 0.0708. The number of amides is 1. The summed E-state index contributed by atoms with van der Waals surface area (Å²) in [7, 11) is 0. The molecule has 3 aromatic rings. The number of anilines is 2. The van der Waals surface area contributed by atoms with E-state index in [1.807, 2.05) is 24.3 Å². The first-order valence-corrected chi connectivity index (χ1v) is 10.2. The maximum Gasteiger partial charge on any atom is 0.272 e. The van der Waals surface area contributed by atoms with Crippen molar-refractivity contribution in [3.8, 4) is 0 Å². The molecule has 1 fully saturated rings. The Morgan fingerprint density at radius 3 is 2.30 bits per heavy atom. The van der Waals surface area contributed by atoms with E-state index in [9.17, 15) is 9.59 Å². The van der Waals surface area contributed by atoms with Crippen LogP contribution in [0.5, 0.6) is 0 Å². The van der Waals surface area contributed by atoms with Gasteiger partial charge in [-0.05, 0) is 42.8 Å². The highest BCUT2D eigenvalue weighted by Crippen LogP contribution is 2.21. The van der Waals surface area contributed by atoms with Crippen molar-refractivity contribution in [2.45, 2.75) is 13.5 Å². The number of ketones is 1. The quantitative estimate of drug-likeness (QED) is 0.616. The summed E-state index contributed by atoms with van der Waals surface area (Å²) in [5.74, 6) is -0.330. The number of Topliss-reactive ketones (excluding diaryl/α,β-unsaturated/α-hetero) is 1. The largest absolute Gasteiger partial charge is 0.369 e. The fraction of sp³-hybridized carbons (Fsp3) is 0.250. The van der Waals surface area contributed by atoms with Crippen LogP contribution in [0, 0.1) is 0 Å². The number of carbonyl (C=O) groups excluding carboxylic acids is 2. The van der Waals surface area contributed by atoms with Crippen LogP contribution in [0.2, 0.25) is 0 Å². The molecule has 0 unspecified atom stereocenters. The van der Waals surface area contributed by atoms with Crippen molar-refractivity contribution in [3.63, 3.8) is 0 Å². The number of aromatic amines is 1. The van der Waals surface area contributed by atoms with Crippen molar-refractivity contribution in [1.82, 2.24) is 9.88 Å². The molecular formula is C24H26N4O2. The molecule has 154 valence electrons. The van der Waals surface area contributed by atoms with E-state index in [-0.39, 0.29) is 11.7 Å². The van der Waals surface area contributed by atoms with Crippen molar-refractivity contribution >= 4 is 23.1 Å². The summed E-state index contributed by atoms with van der Waals surface area (Å²) in [6, 6.07) is 20.1. The standard InChI is InChI=1S/C24H26N4O2/c1-18(29)20-15-23(25-16-20)24(30)26-21-7-9-22(10-8-21)28-13-11-27(12-14-28)17-19-5-3-2-4-6-19/h2-10,15-16,25H,11-14,17H2,1H3,(H,26,30). The molecule has 0 atom stereocenters. The first-order chi connectivity index (χ1) is 14.6. The molecule has 1 aromatic heterocycles. The van der Waals surface area contributed by atoms with Gasteiger partial charge in [-0.1, -0.05) is 30.3 Å². The summed E-state index contributed by atoms with van der Waals surface area (Å²) in [4.78, 5) is 31.4.